The lowest BCUT2D eigenvalue weighted by Gasteiger charge is -2.11. The van der Waals surface area contributed by atoms with Crippen molar-refractivity contribution < 1.29 is 30.8 Å². The Balaban J connectivity index is 1.94. The van der Waals surface area contributed by atoms with Gasteiger partial charge >= 0.3 is 6.18 Å². The highest BCUT2D eigenvalue weighted by Crippen LogP contribution is 2.31. The number of carbonyl (C=O) groups is 1. The van der Waals surface area contributed by atoms with Gasteiger partial charge in [0.25, 0.3) is 15.9 Å². The number of aryl methyl sites for hydroxylation is 1. The number of alkyl halides is 3. The van der Waals surface area contributed by atoms with Gasteiger partial charge in [0.15, 0.2) is 0 Å². The maximum atomic E-state index is 13.7. The van der Waals surface area contributed by atoms with Crippen molar-refractivity contribution in [2.45, 2.75) is 18.0 Å². The highest BCUT2D eigenvalue weighted by atomic mass is 35.5. The summed E-state index contributed by atoms with van der Waals surface area (Å²) in [6.07, 6.45) is -3.78. The summed E-state index contributed by atoms with van der Waals surface area (Å²) in [7, 11) is -4.33. The van der Waals surface area contributed by atoms with E-state index in [4.69, 9.17) is 11.6 Å². The van der Waals surface area contributed by atoms with Crippen LogP contribution in [0.4, 0.5) is 17.6 Å². The van der Waals surface area contributed by atoms with E-state index < -0.39 is 39.2 Å². The maximum absolute atomic E-state index is 13.7. The third-order valence-corrected chi connectivity index (χ3v) is 5.79. The fraction of sp³-hybridized carbons (Fsp3) is 0.111. The van der Waals surface area contributed by atoms with Crippen LogP contribution < -0.4 is 4.72 Å². The molecule has 30 heavy (non-hydrogen) atoms. The first-order valence-electron chi connectivity index (χ1n) is 8.14. The van der Waals surface area contributed by atoms with Crippen LogP contribution in [-0.2, 0) is 16.2 Å². The van der Waals surface area contributed by atoms with Crippen molar-refractivity contribution in [2.75, 3.05) is 0 Å². The van der Waals surface area contributed by atoms with Gasteiger partial charge in [-0.15, -0.1) is 0 Å². The predicted molar refractivity (Wildman–Crippen MR) is 99.4 cm³/mol. The summed E-state index contributed by atoms with van der Waals surface area (Å²) in [5.41, 5.74) is -1.86. The Hall–Kier alpha value is -2.92. The molecule has 0 fully saturated rings. The normalized spacial score (nSPS) is 12.1. The summed E-state index contributed by atoms with van der Waals surface area (Å²) in [5, 5.41) is -0.112. The maximum Gasteiger partial charge on any atom is 0.416 e. The van der Waals surface area contributed by atoms with Crippen molar-refractivity contribution in [3.8, 4) is 5.69 Å². The molecule has 0 spiro atoms. The zero-order valence-electron chi connectivity index (χ0n) is 15.0. The van der Waals surface area contributed by atoms with Crippen LogP contribution in [0.2, 0.25) is 5.02 Å². The second-order valence-corrected chi connectivity index (χ2v) is 8.16. The van der Waals surface area contributed by atoms with E-state index in [9.17, 15) is 30.8 Å². The molecule has 0 radical (unpaired) electrons. The predicted octanol–water partition coefficient (Wildman–Crippen LogP) is 4.11. The standard InChI is InChI=1S/C18H12ClF4N3O3S/c1-10-24-15(17(27)25-30(28,29)16-5-3-2-4-14(16)19)9-26(10)13-7-11(18(21,22)23)6-12(20)8-13/h2-9H,1H3,(H,25,27). The van der Waals surface area contributed by atoms with E-state index in [1.165, 1.54) is 31.2 Å². The van der Waals surface area contributed by atoms with E-state index >= 15 is 0 Å². The summed E-state index contributed by atoms with van der Waals surface area (Å²) in [5.74, 6) is -2.24. The highest BCUT2D eigenvalue weighted by molar-refractivity contribution is 7.90. The quantitative estimate of drug-likeness (QED) is 0.593. The van der Waals surface area contributed by atoms with Crippen LogP contribution in [0.15, 0.2) is 53.6 Å². The van der Waals surface area contributed by atoms with Crippen LogP contribution in [0.3, 0.4) is 0 Å². The molecule has 1 N–H and O–H groups in total. The van der Waals surface area contributed by atoms with Gasteiger partial charge < -0.3 is 4.57 Å². The fourth-order valence-corrected chi connectivity index (χ4v) is 4.09. The zero-order valence-corrected chi connectivity index (χ0v) is 16.6. The van der Waals surface area contributed by atoms with Gasteiger partial charge in [-0.25, -0.2) is 22.5 Å². The number of nitrogens with one attached hydrogen (secondary N) is 1. The molecular formula is C18H12ClF4N3O3S. The minimum Gasteiger partial charge on any atom is -0.303 e. The van der Waals surface area contributed by atoms with Crippen LogP contribution in [0, 0.1) is 12.7 Å². The second kappa shape index (κ2) is 7.73. The molecule has 0 saturated carbocycles. The van der Waals surface area contributed by atoms with Crippen LogP contribution in [-0.4, -0.2) is 23.9 Å². The van der Waals surface area contributed by atoms with Gasteiger partial charge in [-0.2, -0.15) is 13.2 Å². The number of hydrogen-bond donors (Lipinski definition) is 1. The van der Waals surface area contributed by atoms with Gasteiger partial charge in [-0.05, 0) is 37.3 Å². The van der Waals surface area contributed by atoms with Crippen LogP contribution in [0.1, 0.15) is 21.9 Å². The van der Waals surface area contributed by atoms with Gasteiger partial charge in [-0.1, -0.05) is 23.7 Å². The summed E-state index contributed by atoms with van der Waals surface area (Å²) in [6.45, 7) is 1.36. The molecule has 0 aliphatic rings. The number of rotatable bonds is 4. The number of benzene rings is 2. The van der Waals surface area contributed by atoms with Crippen LogP contribution in [0.5, 0.6) is 0 Å². The van der Waals surface area contributed by atoms with Crippen molar-refractivity contribution in [3.05, 3.63) is 76.6 Å². The Kier molecular flexibility index (Phi) is 5.61. The monoisotopic (exact) mass is 461 g/mol. The molecule has 0 unspecified atom stereocenters. The Morgan fingerprint density at radius 3 is 2.47 bits per heavy atom. The molecule has 12 heteroatoms. The van der Waals surface area contributed by atoms with Gasteiger partial charge in [0, 0.05) is 6.20 Å². The SMILES string of the molecule is Cc1nc(C(=O)NS(=O)(=O)c2ccccc2Cl)cn1-c1cc(F)cc(C(F)(F)F)c1. The molecular weight excluding hydrogens is 450 g/mol. The fourth-order valence-electron chi connectivity index (χ4n) is 2.61. The molecule has 0 saturated heterocycles. The zero-order chi connectivity index (χ0) is 22.3. The smallest absolute Gasteiger partial charge is 0.303 e. The van der Waals surface area contributed by atoms with E-state index in [0.717, 1.165) is 16.8 Å². The Morgan fingerprint density at radius 1 is 1.17 bits per heavy atom. The number of aromatic nitrogens is 2. The van der Waals surface area contributed by atoms with Crippen molar-refractivity contribution in [2.24, 2.45) is 0 Å². The number of sulfonamides is 1. The van der Waals surface area contributed by atoms with Gasteiger partial charge in [0.2, 0.25) is 0 Å². The van der Waals surface area contributed by atoms with Crippen molar-refractivity contribution in [3.63, 3.8) is 0 Å². The Morgan fingerprint density at radius 2 is 1.83 bits per heavy atom. The Labute approximate surface area is 173 Å². The topological polar surface area (TPSA) is 81.1 Å². The number of amides is 1. The average Bonchev–Trinajstić information content (AvgIpc) is 3.02. The molecule has 0 atom stereocenters. The molecule has 2 aromatic carbocycles. The summed E-state index contributed by atoms with van der Waals surface area (Å²) in [4.78, 5) is 15.9. The lowest BCUT2D eigenvalue weighted by molar-refractivity contribution is -0.137. The summed E-state index contributed by atoms with van der Waals surface area (Å²) >= 11 is 5.84. The second-order valence-electron chi connectivity index (χ2n) is 6.10. The number of carbonyl (C=O) groups excluding carboxylic acids is 1. The molecule has 1 aromatic heterocycles. The molecule has 3 aromatic rings. The molecule has 1 heterocycles. The molecule has 158 valence electrons. The molecule has 0 aliphatic carbocycles. The number of halogens is 5. The third kappa shape index (κ3) is 4.46. The minimum absolute atomic E-state index is 0.0361. The molecule has 0 bridgehead atoms. The van der Waals surface area contributed by atoms with Crippen molar-refractivity contribution >= 4 is 27.5 Å². The molecule has 0 aliphatic heterocycles. The van der Waals surface area contributed by atoms with E-state index in [1.54, 1.807) is 4.72 Å². The van der Waals surface area contributed by atoms with E-state index in [0.29, 0.717) is 12.1 Å². The average molecular weight is 462 g/mol. The van der Waals surface area contributed by atoms with Gasteiger partial charge in [-0.3, -0.25) is 4.79 Å². The Bertz CT molecular complexity index is 1240. The third-order valence-electron chi connectivity index (χ3n) is 3.96. The lowest BCUT2D eigenvalue weighted by atomic mass is 10.2. The van der Waals surface area contributed by atoms with E-state index in [-0.39, 0.29) is 21.4 Å². The van der Waals surface area contributed by atoms with Gasteiger partial charge in [0.1, 0.15) is 22.2 Å². The number of imidazole rings is 1. The van der Waals surface area contributed by atoms with Gasteiger partial charge in [0.05, 0.1) is 16.3 Å². The first-order chi connectivity index (χ1) is 13.9. The largest absolute Gasteiger partial charge is 0.416 e. The van der Waals surface area contributed by atoms with E-state index in [1.807, 2.05) is 0 Å². The summed E-state index contributed by atoms with van der Waals surface area (Å²) < 4.78 is 80.1. The molecule has 6 nitrogen and oxygen atoms in total. The lowest BCUT2D eigenvalue weighted by Crippen LogP contribution is -2.31. The van der Waals surface area contributed by atoms with Crippen molar-refractivity contribution in [1.82, 2.24) is 14.3 Å². The number of hydrogen-bond acceptors (Lipinski definition) is 4. The van der Waals surface area contributed by atoms with E-state index in [2.05, 4.69) is 4.98 Å². The number of nitrogens with zero attached hydrogens (tertiary/aromatic N) is 2. The first-order valence-corrected chi connectivity index (χ1v) is 10.0. The highest BCUT2D eigenvalue weighted by Gasteiger charge is 2.32. The van der Waals surface area contributed by atoms with Crippen molar-refractivity contribution in [1.29, 1.82) is 0 Å². The molecule has 3 rings (SSSR count). The van der Waals surface area contributed by atoms with Crippen LogP contribution in [0.25, 0.3) is 5.69 Å². The molecule has 1 amide bonds. The minimum atomic E-state index is -4.78. The van der Waals surface area contributed by atoms with Crippen LogP contribution >= 0.6 is 11.6 Å². The summed E-state index contributed by atoms with van der Waals surface area (Å²) in [6, 6.07) is 7.26. The first kappa shape index (κ1) is 21.8.